The number of amides is 1. The third kappa shape index (κ3) is 4.48. The first-order valence-corrected chi connectivity index (χ1v) is 13.5. The van der Waals surface area contributed by atoms with Gasteiger partial charge in [-0.2, -0.15) is 4.31 Å². The van der Waals surface area contributed by atoms with E-state index in [2.05, 4.69) is 20.9 Å². The summed E-state index contributed by atoms with van der Waals surface area (Å²) in [6.07, 6.45) is 3.30. The van der Waals surface area contributed by atoms with Gasteiger partial charge >= 0.3 is 0 Å². The molecule has 2 aromatic carbocycles. The number of halogens is 1. The summed E-state index contributed by atoms with van der Waals surface area (Å²) in [5, 5.41) is 0.540. The summed E-state index contributed by atoms with van der Waals surface area (Å²) >= 11 is 4.88. The molecule has 170 valence electrons. The average molecular weight is 546 g/mol. The number of fused-ring (bicyclic) bond motifs is 1. The molecule has 1 aliphatic rings. The Morgan fingerprint density at radius 3 is 2.58 bits per heavy atom. The van der Waals surface area contributed by atoms with Gasteiger partial charge in [0.05, 0.1) is 27.9 Å². The summed E-state index contributed by atoms with van der Waals surface area (Å²) in [5.41, 5.74) is 1.17. The van der Waals surface area contributed by atoms with Crippen molar-refractivity contribution in [3.8, 4) is 0 Å². The highest BCUT2D eigenvalue weighted by Crippen LogP contribution is 2.33. The predicted molar refractivity (Wildman–Crippen MR) is 131 cm³/mol. The molecule has 4 aromatic rings. The SMILES string of the molecule is O=C(c1ccc(S(=O)(=O)N2CCCC2)cc1)N(Cc1ccco1)c1nc2ccc(Br)cc2s1. The Balaban J connectivity index is 1.47. The first kappa shape index (κ1) is 22.3. The van der Waals surface area contributed by atoms with Gasteiger partial charge in [0.25, 0.3) is 5.91 Å². The minimum absolute atomic E-state index is 0.198. The van der Waals surface area contributed by atoms with Crippen LogP contribution in [0.1, 0.15) is 29.0 Å². The molecule has 1 saturated heterocycles. The molecule has 33 heavy (non-hydrogen) atoms. The maximum atomic E-state index is 13.5. The first-order chi connectivity index (χ1) is 15.9. The third-order valence-corrected chi connectivity index (χ3v) is 8.96. The van der Waals surface area contributed by atoms with Crippen LogP contribution in [-0.4, -0.2) is 36.7 Å². The highest BCUT2D eigenvalue weighted by atomic mass is 79.9. The quantitative estimate of drug-likeness (QED) is 0.329. The van der Waals surface area contributed by atoms with E-state index in [0.29, 0.717) is 29.5 Å². The Bertz CT molecular complexity index is 1390. The van der Waals surface area contributed by atoms with Gasteiger partial charge in [0.2, 0.25) is 10.0 Å². The zero-order valence-corrected chi connectivity index (χ0v) is 20.7. The number of rotatable bonds is 6. The molecule has 0 aliphatic carbocycles. The fourth-order valence-corrected chi connectivity index (χ4v) is 6.82. The van der Waals surface area contributed by atoms with Crippen LogP contribution < -0.4 is 4.90 Å². The van der Waals surface area contributed by atoms with E-state index in [1.807, 2.05) is 18.2 Å². The minimum atomic E-state index is -3.54. The molecule has 0 radical (unpaired) electrons. The van der Waals surface area contributed by atoms with Gasteiger partial charge in [0, 0.05) is 23.1 Å². The van der Waals surface area contributed by atoms with Crippen LogP contribution in [0.2, 0.25) is 0 Å². The van der Waals surface area contributed by atoms with E-state index in [1.54, 1.807) is 35.4 Å². The summed E-state index contributed by atoms with van der Waals surface area (Å²) in [7, 11) is -3.54. The molecule has 0 bridgehead atoms. The molecule has 3 heterocycles. The number of thiazole rings is 1. The van der Waals surface area contributed by atoms with Crippen LogP contribution in [0.3, 0.4) is 0 Å². The first-order valence-electron chi connectivity index (χ1n) is 10.4. The summed E-state index contributed by atoms with van der Waals surface area (Å²) in [5.74, 6) is 0.340. The van der Waals surface area contributed by atoms with Crippen LogP contribution in [0.5, 0.6) is 0 Å². The molecule has 0 saturated carbocycles. The summed E-state index contributed by atoms with van der Waals surface area (Å²) in [6, 6.07) is 15.5. The van der Waals surface area contributed by atoms with E-state index in [9.17, 15) is 13.2 Å². The molecular weight excluding hydrogens is 526 g/mol. The number of nitrogens with zero attached hydrogens (tertiary/aromatic N) is 3. The van der Waals surface area contributed by atoms with Gasteiger partial charge < -0.3 is 4.42 Å². The fourth-order valence-electron chi connectivity index (χ4n) is 3.79. The summed E-state index contributed by atoms with van der Waals surface area (Å²) in [4.78, 5) is 19.9. The maximum Gasteiger partial charge on any atom is 0.260 e. The number of carbonyl (C=O) groups excluding carboxylic acids is 1. The number of hydrogen-bond donors (Lipinski definition) is 0. The second-order valence-corrected chi connectivity index (χ2v) is 11.6. The van der Waals surface area contributed by atoms with Crippen molar-refractivity contribution in [2.24, 2.45) is 0 Å². The van der Waals surface area contributed by atoms with Crippen LogP contribution in [0.15, 0.2) is 74.6 Å². The molecule has 1 amide bonds. The van der Waals surface area contributed by atoms with Gasteiger partial charge in [-0.25, -0.2) is 13.4 Å². The Morgan fingerprint density at radius 2 is 1.88 bits per heavy atom. The Morgan fingerprint density at radius 1 is 1.12 bits per heavy atom. The van der Waals surface area contributed by atoms with Crippen molar-refractivity contribution in [1.82, 2.24) is 9.29 Å². The van der Waals surface area contributed by atoms with Crippen LogP contribution in [0, 0.1) is 0 Å². The third-order valence-electron chi connectivity index (χ3n) is 5.51. The van der Waals surface area contributed by atoms with Crippen molar-refractivity contribution in [1.29, 1.82) is 0 Å². The highest BCUT2D eigenvalue weighted by Gasteiger charge is 2.28. The number of sulfonamides is 1. The van der Waals surface area contributed by atoms with Crippen molar-refractivity contribution in [2.45, 2.75) is 24.3 Å². The van der Waals surface area contributed by atoms with E-state index in [0.717, 1.165) is 27.5 Å². The maximum absolute atomic E-state index is 13.5. The topological polar surface area (TPSA) is 83.7 Å². The van der Waals surface area contributed by atoms with Crippen LogP contribution in [0.25, 0.3) is 10.2 Å². The van der Waals surface area contributed by atoms with Crippen molar-refractivity contribution in [3.63, 3.8) is 0 Å². The van der Waals surface area contributed by atoms with Crippen molar-refractivity contribution >= 4 is 58.5 Å². The minimum Gasteiger partial charge on any atom is -0.467 e. The van der Waals surface area contributed by atoms with Gasteiger partial charge in [-0.1, -0.05) is 27.3 Å². The molecule has 2 aromatic heterocycles. The van der Waals surface area contributed by atoms with Crippen molar-refractivity contribution in [3.05, 3.63) is 76.7 Å². The standard InChI is InChI=1S/C23H20BrN3O4S2/c24-17-7-10-20-21(14-17)32-23(25-20)27(15-18-4-3-13-31-18)22(28)16-5-8-19(9-6-16)33(29,30)26-11-1-2-12-26/h3-10,13-14H,1-2,11-12,15H2. The molecule has 5 rings (SSSR count). The van der Waals surface area contributed by atoms with Crippen molar-refractivity contribution in [2.75, 3.05) is 18.0 Å². The number of hydrogen-bond acceptors (Lipinski definition) is 6. The van der Waals surface area contributed by atoms with Gasteiger partial charge in [-0.15, -0.1) is 0 Å². The fraction of sp³-hybridized carbons (Fsp3) is 0.217. The number of anilines is 1. The van der Waals surface area contributed by atoms with E-state index in [1.165, 1.54) is 27.8 Å². The Kier molecular flexibility index (Phi) is 6.09. The van der Waals surface area contributed by atoms with Gasteiger partial charge in [0.1, 0.15) is 5.76 Å². The molecule has 0 N–H and O–H groups in total. The molecule has 1 fully saturated rings. The van der Waals surface area contributed by atoms with Crippen LogP contribution in [0.4, 0.5) is 5.13 Å². The van der Waals surface area contributed by atoms with Crippen LogP contribution >= 0.6 is 27.3 Å². The largest absolute Gasteiger partial charge is 0.467 e. The number of aromatic nitrogens is 1. The molecule has 0 atom stereocenters. The molecule has 0 unspecified atom stereocenters. The normalized spacial score (nSPS) is 14.7. The zero-order chi connectivity index (χ0) is 23.0. The lowest BCUT2D eigenvalue weighted by Crippen LogP contribution is -2.30. The predicted octanol–water partition coefficient (Wildman–Crippen LogP) is 5.28. The van der Waals surface area contributed by atoms with E-state index < -0.39 is 10.0 Å². The van der Waals surface area contributed by atoms with E-state index in [4.69, 9.17) is 4.42 Å². The van der Waals surface area contributed by atoms with Crippen molar-refractivity contribution < 1.29 is 17.6 Å². The summed E-state index contributed by atoms with van der Waals surface area (Å²) < 4.78 is 34.5. The lowest BCUT2D eigenvalue weighted by atomic mass is 10.2. The smallest absolute Gasteiger partial charge is 0.260 e. The monoisotopic (exact) mass is 545 g/mol. The molecule has 1 aliphatic heterocycles. The number of furan rings is 1. The molecular formula is C23H20BrN3O4S2. The van der Waals surface area contributed by atoms with E-state index >= 15 is 0 Å². The van der Waals surface area contributed by atoms with Gasteiger partial charge in [0.15, 0.2) is 5.13 Å². The second-order valence-electron chi connectivity index (χ2n) is 7.71. The lowest BCUT2D eigenvalue weighted by Gasteiger charge is -2.19. The summed E-state index contributed by atoms with van der Waals surface area (Å²) in [6.45, 7) is 1.28. The number of carbonyl (C=O) groups is 1. The molecule has 10 heteroatoms. The van der Waals surface area contributed by atoms with Gasteiger partial charge in [-0.05, 0) is 67.4 Å². The second kappa shape index (κ2) is 9.02. The van der Waals surface area contributed by atoms with Gasteiger partial charge in [-0.3, -0.25) is 9.69 Å². The Labute approximate surface area is 203 Å². The Hall–Kier alpha value is -2.53. The zero-order valence-electron chi connectivity index (χ0n) is 17.5. The average Bonchev–Trinajstić information content (AvgIpc) is 3.58. The number of benzene rings is 2. The van der Waals surface area contributed by atoms with Crippen LogP contribution in [-0.2, 0) is 16.6 Å². The lowest BCUT2D eigenvalue weighted by molar-refractivity contribution is 0.0983. The highest BCUT2D eigenvalue weighted by molar-refractivity contribution is 9.10. The molecule has 7 nitrogen and oxygen atoms in total. The van der Waals surface area contributed by atoms with E-state index in [-0.39, 0.29) is 17.3 Å². The molecule has 0 spiro atoms.